The number of hydrogen-bond donors (Lipinski definition) is 14. The minimum Gasteiger partial charge on any atom is -0.491 e. The van der Waals surface area contributed by atoms with Gasteiger partial charge in [0, 0.05) is 36.2 Å². The molecule has 0 bridgehead atoms. The van der Waals surface area contributed by atoms with Crippen LogP contribution in [0.15, 0.2) is 358 Å². The van der Waals surface area contributed by atoms with Gasteiger partial charge in [-0.15, -0.1) is 20.5 Å². The average Bonchev–Trinajstić information content (AvgIpc) is 0.797. The number of ether oxygens (including phenoxy) is 1. The molecule has 0 saturated carbocycles. The maximum Gasteiger partial charge on any atom is 0.296 e. The zero-order chi connectivity index (χ0) is 107. The number of aryl methyl sites for hydroxylation is 4. The van der Waals surface area contributed by atoms with Crippen LogP contribution in [-0.4, -0.2) is 153 Å². The van der Waals surface area contributed by atoms with Crippen molar-refractivity contribution in [3.63, 3.8) is 0 Å². The number of nitrogens with one attached hydrogen (secondary N) is 6. The molecule has 0 aliphatic heterocycles. The molecule has 0 aliphatic carbocycles. The lowest BCUT2D eigenvalue weighted by atomic mass is 10.1. The molecule has 14 rings (SSSR count). The summed E-state index contributed by atoms with van der Waals surface area (Å²) in [4.78, 5) is 23.7. The number of anilines is 10. The summed E-state index contributed by atoms with van der Waals surface area (Å²) in [5.74, 6) is -0.317. The number of nitrogens with zero attached hydrogens (tertiary/aromatic N) is 22. The van der Waals surface area contributed by atoms with Crippen LogP contribution in [0, 0.1) is 27.7 Å². The van der Waals surface area contributed by atoms with Crippen molar-refractivity contribution in [2.45, 2.75) is 86.6 Å². The van der Waals surface area contributed by atoms with Crippen LogP contribution in [-0.2, 0) is 80.9 Å². The van der Waals surface area contributed by atoms with E-state index in [0.29, 0.717) is 52.2 Å². The van der Waals surface area contributed by atoms with E-state index in [-0.39, 0.29) is 158 Å². The van der Waals surface area contributed by atoms with Crippen LogP contribution in [0.1, 0.15) is 42.0 Å². The van der Waals surface area contributed by atoms with Crippen LogP contribution in [0.2, 0.25) is 0 Å². The molecule has 0 aliphatic rings. The van der Waals surface area contributed by atoms with Gasteiger partial charge in [0.1, 0.15) is 48.1 Å². The monoisotopic (exact) mass is 2180 g/mol. The van der Waals surface area contributed by atoms with Crippen molar-refractivity contribution in [2.75, 3.05) is 51.6 Å². The minimum absolute atomic E-state index is 0.0254. The molecule has 0 atom stereocenters. The summed E-state index contributed by atoms with van der Waals surface area (Å²) in [7, 11) is -38.1. The minimum atomic E-state index is -5.03. The molecule has 2 aromatic heterocycles. The van der Waals surface area contributed by atoms with E-state index in [0.717, 1.165) is 72.8 Å². The zero-order valence-corrected chi connectivity index (χ0v) is 83.7. The quantitative estimate of drug-likeness (QED) is 0.00961. The smallest absolute Gasteiger partial charge is 0.296 e. The first-order valence-corrected chi connectivity index (χ1v) is 54.2. The van der Waals surface area contributed by atoms with Gasteiger partial charge in [-0.25, -0.2) is 0 Å². The van der Waals surface area contributed by atoms with Crippen LogP contribution >= 0.6 is 0 Å². The van der Waals surface area contributed by atoms with Crippen LogP contribution in [0.4, 0.5) is 149 Å². The van der Waals surface area contributed by atoms with E-state index in [1.165, 1.54) is 121 Å². The Balaban J connectivity index is 0.757. The fourth-order valence-electron chi connectivity index (χ4n) is 12.9. The number of benzene rings is 12. The Bertz CT molecular complexity index is 8600. The summed E-state index contributed by atoms with van der Waals surface area (Å²) in [5, 5.41) is 84.6. The Morgan fingerprint density at radius 3 is 0.725 bits per heavy atom. The second kappa shape index (κ2) is 45.5. The van der Waals surface area contributed by atoms with E-state index in [1.807, 2.05) is 6.92 Å². The molecule has 14 N–H and O–H groups in total. The Morgan fingerprint density at radius 1 is 0.242 bits per heavy atom. The van der Waals surface area contributed by atoms with Crippen molar-refractivity contribution in [1.29, 1.82) is 0 Å². The largest absolute Gasteiger partial charge is 0.491 e. The highest BCUT2D eigenvalue weighted by Crippen LogP contribution is 2.42. The highest BCUT2D eigenvalue weighted by molar-refractivity contribution is 7.87. The second-order valence-corrected chi connectivity index (χ2v) is 42.5. The van der Waals surface area contributed by atoms with Crippen molar-refractivity contribution in [2.24, 2.45) is 81.8 Å². The Kier molecular flexibility index (Phi) is 33.0. The zero-order valence-electron chi connectivity index (χ0n) is 77.2. The lowest BCUT2D eigenvalue weighted by molar-refractivity contribution is 0.311. The normalized spacial score (nSPS) is 12.7. The third kappa shape index (κ3) is 30.1. The van der Waals surface area contributed by atoms with Crippen molar-refractivity contribution in [3.8, 4) is 5.75 Å². The van der Waals surface area contributed by atoms with Gasteiger partial charge in [0.05, 0.1) is 100 Å². The van der Waals surface area contributed by atoms with Gasteiger partial charge in [0.25, 0.3) is 80.9 Å². The van der Waals surface area contributed by atoms with Crippen LogP contribution < -0.4 is 36.6 Å². The topological polar surface area (TPSA) is 791 Å². The molecule has 14 aromatic rings. The molecule has 2 heterocycles. The summed E-state index contributed by atoms with van der Waals surface area (Å²) >= 11 is 0. The lowest BCUT2D eigenvalue weighted by Gasteiger charge is -2.16. The Hall–Kier alpha value is -16.7. The number of unbranched alkanes of at least 4 members (excludes halogenated alkanes) is 1. The van der Waals surface area contributed by atoms with Gasteiger partial charge in [0.2, 0.25) is 35.7 Å². The summed E-state index contributed by atoms with van der Waals surface area (Å²) in [6.07, 6.45) is 1.25. The van der Waals surface area contributed by atoms with E-state index in [1.54, 1.807) is 70.2 Å². The van der Waals surface area contributed by atoms with Gasteiger partial charge >= 0.3 is 0 Å². The summed E-state index contributed by atoms with van der Waals surface area (Å²) in [6, 6.07) is 49.7. The summed E-state index contributed by atoms with van der Waals surface area (Å²) in [6.45, 7) is 8.64. The second-order valence-electron chi connectivity index (χ2n) is 31.3. The van der Waals surface area contributed by atoms with Crippen LogP contribution in [0.25, 0.3) is 0 Å². The van der Waals surface area contributed by atoms with Gasteiger partial charge in [-0.2, -0.15) is 159 Å². The SMILES string of the molecule is CCCCOc1cc(N=Nc2ccc(N=Nc3ccc(S(=O)(=O)O)cc3)cc2S(=O)(=O)O)c(C)cc1Nc1nc(NCCNc2nc(Nc3ccc(N=Nc4ccc(N=Nc5ccc(S(=O)(=O)O)cc5)cc4S(=O)(=O)O)c(C)c3)nc(Nc3ccc(N=Nc4ccc(N=Nc5ccc(S(=O)(=O)O)cc5)cc4S(=O)(=O)O)c(C)c3)n2)nc(Nc2ccc(N=Nc3ccc(N=Nc4ccc(S(=O)(=O)O)cc4)cc3S(=O)(=O)O)c(C)c2)n1. The fraction of sp³-hybridized carbons (Fsp3) is 0.114. The maximum atomic E-state index is 12.9. The summed E-state index contributed by atoms with van der Waals surface area (Å²) < 4.78 is 280. The Morgan fingerprint density at radius 2 is 0.470 bits per heavy atom. The molecular weight excluding hydrogens is 2110 g/mol. The molecule has 61 heteroatoms. The first-order chi connectivity index (χ1) is 70.3. The predicted molar refractivity (Wildman–Crippen MR) is 538 cm³/mol. The average molecular weight is 2180 g/mol. The maximum absolute atomic E-state index is 12.9. The van der Waals surface area contributed by atoms with Gasteiger partial charge in [-0.1, -0.05) is 13.3 Å². The fourth-order valence-corrected chi connectivity index (χ4v) is 17.4. The molecule has 53 nitrogen and oxygen atoms in total. The van der Waals surface area contributed by atoms with Gasteiger partial charge in [-0.05, 0) is 287 Å². The first-order valence-electron chi connectivity index (χ1n) is 42.6. The standard InChI is InChI=1S/C88H78N28O25S8/c1-6-7-40-141-78-49-76(116-115-75-37-22-64(48-82(75)149(138,139)140)108-104-57-14-29-68(30-15-57)145(126,127)128)53(5)44-77(78)94-88-98-84(97-87(100-88)93-60-18-33-71(52(4)43-60)111-114-74-36-21-63(47-81(74)148(135,136)137)107-103-56-12-27-67(28-13-56)144(123,124)125)90-39-38-89-83-95-85(91-58-16-31-69(50(2)41-58)109-112-72-34-19-61(45-79(72)146(129,130)131)105-101-54-8-23-65(24-9-54)142(117,118)119)99-86(96-83)92-59-17-32-70(51(3)42-59)110-113-73-35-20-62(46-80(73)147(132,133)134)106-102-55-10-25-66(26-11-55)143(120,121)122/h8-37,41-49H,6-7,38-40H2,1-5H3,(H,117,118,119)(H,120,121,122)(H,123,124,125)(H,126,127,128)(H,129,130,131)(H,132,133,134)(H,135,136,137)(H,138,139,140)(H3,89,91,92,95,96,99)(H3,90,93,94,97,98,100). The van der Waals surface area contributed by atoms with Crippen LogP contribution in [0.3, 0.4) is 0 Å². The van der Waals surface area contributed by atoms with Crippen molar-refractivity contribution >= 4 is 230 Å². The summed E-state index contributed by atoms with van der Waals surface area (Å²) in [5.41, 5.74) is 2.82. The number of hydrogen-bond acceptors (Lipinski definition) is 45. The third-order valence-electron chi connectivity index (χ3n) is 20.2. The molecule has 768 valence electrons. The molecular formula is C88H78N28O25S8. The van der Waals surface area contributed by atoms with E-state index in [2.05, 4.69) is 129 Å². The number of rotatable bonds is 41. The van der Waals surface area contributed by atoms with Crippen molar-refractivity contribution in [1.82, 2.24) is 29.9 Å². The first kappa shape index (κ1) is 108. The lowest BCUT2D eigenvalue weighted by Crippen LogP contribution is -2.18. The molecule has 149 heavy (non-hydrogen) atoms. The molecule has 0 unspecified atom stereocenters. The van der Waals surface area contributed by atoms with Gasteiger partial charge < -0.3 is 36.6 Å². The predicted octanol–water partition coefficient (Wildman–Crippen LogP) is 22.3. The number of azo groups is 8. The Labute approximate surface area is 847 Å². The van der Waals surface area contributed by atoms with Gasteiger partial charge in [-0.3, -0.25) is 36.4 Å². The van der Waals surface area contributed by atoms with Crippen molar-refractivity contribution < 1.29 is 109 Å². The molecule has 0 spiro atoms. The van der Waals surface area contributed by atoms with Crippen molar-refractivity contribution in [3.05, 3.63) is 259 Å². The van der Waals surface area contributed by atoms with E-state index < -0.39 is 120 Å². The molecule has 0 saturated heterocycles. The van der Waals surface area contributed by atoms with E-state index >= 15 is 0 Å². The molecule has 0 radical (unpaired) electrons. The molecule has 12 aromatic carbocycles. The highest BCUT2D eigenvalue weighted by Gasteiger charge is 2.26. The highest BCUT2D eigenvalue weighted by atomic mass is 32.2. The molecule has 0 amide bonds. The number of aromatic nitrogens is 6. The molecule has 0 fully saturated rings. The van der Waals surface area contributed by atoms with Gasteiger partial charge in [0.15, 0.2) is 0 Å². The van der Waals surface area contributed by atoms with E-state index in [9.17, 15) is 104 Å². The van der Waals surface area contributed by atoms with E-state index in [4.69, 9.17) is 19.7 Å². The van der Waals surface area contributed by atoms with Crippen LogP contribution in [0.5, 0.6) is 5.75 Å². The third-order valence-corrected chi connectivity index (χ3v) is 27.2.